The zero-order chi connectivity index (χ0) is 25.5. The molecule has 0 aliphatic carbocycles. The van der Waals surface area contributed by atoms with E-state index in [1.807, 2.05) is 67.8 Å². The Morgan fingerprint density at radius 3 is 1.97 bits per heavy atom. The van der Waals surface area contributed by atoms with Crippen molar-refractivity contribution in [3.8, 4) is 22.5 Å². The van der Waals surface area contributed by atoms with Crippen LogP contribution in [0.1, 0.15) is 31.9 Å². The van der Waals surface area contributed by atoms with E-state index >= 15 is 0 Å². The maximum Gasteiger partial charge on any atom is 0.416 e. The van der Waals surface area contributed by atoms with E-state index in [1.165, 1.54) is 12.1 Å². The van der Waals surface area contributed by atoms with Gasteiger partial charge in [-0.3, -0.25) is 4.40 Å². The van der Waals surface area contributed by atoms with Crippen molar-refractivity contribution in [3.63, 3.8) is 0 Å². The molecule has 2 heterocycles. The van der Waals surface area contributed by atoms with Crippen LogP contribution >= 0.6 is 0 Å². The Labute approximate surface area is 208 Å². The van der Waals surface area contributed by atoms with Crippen LogP contribution in [0.4, 0.5) is 19.0 Å². The Hall–Kier alpha value is -4.00. The van der Waals surface area contributed by atoms with Crippen molar-refractivity contribution < 1.29 is 13.2 Å². The molecule has 36 heavy (non-hydrogen) atoms. The second-order valence-electron chi connectivity index (χ2n) is 9.88. The number of fused-ring (bicyclic) bond motifs is 1. The highest BCUT2D eigenvalue weighted by Crippen LogP contribution is 2.36. The monoisotopic (exact) mass is 488 g/mol. The molecule has 5 aromatic rings. The maximum absolute atomic E-state index is 13.2. The number of aromatic nitrogens is 3. The van der Waals surface area contributed by atoms with Gasteiger partial charge in [-0.15, -0.1) is 0 Å². The summed E-state index contributed by atoms with van der Waals surface area (Å²) in [5.74, 6) is 1.45. The van der Waals surface area contributed by atoms with E-state index in [0.29, 0.717) is 23.6 Å². The van der Waals surface area contributed by atoms with Gasteiger partial charge in [-0.2, -0.15) is 13.2 Å². The third-order valence-electron chi connectivity index (χ3n) is 5.91. The van der Waals surface area contributed by atoms with Crippen LogP contribution in [0.2, 0.25) is 0 Å². The lowest BCUT2D eigenvalue weighted by Crippen LogP contribution is -2.27. The Balaban J connectivity index is 1.72. The van der Waals surface area contributed by atoms with Crippen molar-refractivity contribution in [3.05, 3.63) is 102 Å². The van der Waals surface area contributed by atoms with Gasteiger partial charge in [0, 0.05) is 17.3 Å². The van der Waals surface area contributed by atoms with Gasteiger partial charge in [-0.05, 0) is 44.0 Å². The fraction of sp³-hybridized carbons (Fsp3) is 0.207. The number of hydrogen-bond acceptors (Lipinski definition) is 2. The minimum absolute atomic E-state index is 0.301. The minimum Gasteiger partial charge on any atom is -0.365 e. The quantitative estimate of drug-likeness (QED) is 0.274. The van der Waals surface area contributed by atoms with Crippen LogP contribution in [0.25, 0.3) is 28.3 Å². The van der Waals surface area contributed by atoms with Crippen LogP contribution in [-0.4, -0.2) is 19.5 Å². The molecule has 0 bridgehead atoms. The lowest BCUT2D eigenvalue weighted by molar-refractivity contribution is -0.137. The molecule has 0 spiro atoms. The first-order valence-electron chi connectivity index (χ1n) is 11.8. The Morgan fingerprint density at radius 1 is 0.778 bits per heavy atom. The first-order chi connectivity index (χ1) is 17.1. The Kier molecular flexibility index (Phi) is 5.86. The zero-order valence-electron chi connectivity index (χ0n) is 20.3. The second kappa shape index (κ2) is 8.90. The largest absolute Gasteiger partial charge is 0.416 e. The molecular weight excluding hydrogens is 461 g/mol. The number of benzene rings is 3. The van der Waals surface area contributed by atoms with Gasteiger partial charge >= 0.3 is 6.18 Å². The molecule has 0 radical (unpaired) electrons. The third kappa shape index (κ3) is 4.73. The fourth-order valence-electron chi connectivity index (χ4n) is 4.29. The van der Waals surface area contributed by atoms with E-state index in [0.717, 1.165) is 34.8 Å². The predicted molar refractivity (Wildman–Crippen MR) is 138 cm³/mol. The Morgan fingerprint density at radius 2 is 1.39 bits per heavy atom. The molecule has 7 heteroatoms. The van der Waals surface area contributed by atoms with Crippen molar-refractivity contribution in [1.82, 2.24) is 14.0 Å². The average Bonchev–Trinajstić information content (AvgIpc) is 3.36. The molecule has 0 atom stereocenters. The van der Waals surface area contributed by atoms with Gasteiger partial charge in [0.2, 0.25) is 5.78 Å². The van der Waals surface area contributed by atoms with Crippen molar-refractivity contribution >= 4 is 11.6 Å². The van der Waals surface area contributed by atoms with Crippen LogP contribution in [-0.2, 0) is 12.7 Å². The molecule has 0 unspecified atom stereocenters. The summed E-state index contributed by atoms with van der Waals surface area (Å²) in [7, 11) is 0. The molecule has 0 saturated heterocycles. The van der Waals surface area contributed by atoms with E-state index in [9.17, 15) is 13.2 Å². The molecule has 2 aromatic heterocycles. The van der Waals surface area contributed by atoms with E-state index in [4.69, 9.17) is 4.98 Å². The number of anilines is 1. The summed E-state index contributed by atoms with van der Waals surface area (Å²) >= 11 is 0. The molecule has 184 valence electrons. The van der Waals surface area contributed by atoms with Crippen LogP contribution in [0.3, 0.4) is 0 Å². The number of nitrogens with one attached hydrogen (secondary N) is 1. The van der Waals surface area contributed by atoms with Gasteiger partial charge in [0.15, 0.2) is 0 Å². The van der Waals surface area contributed by atoms with Crippen LogP contribution in [0, 0.1) is 0 Å². The second-order valence-corrected chi connectivity index (χ2v) is 9.88. The van der Waals surface area contributed by atoms with Gasteiger partial charge < -0.3 is 9.88 Å². The highest BCUT2D eigenvalue weighted by atomic mass is 19.4. The predicted octanol–water partition coefficient (Wildman–Crippen LogP) is 7.75. The average molecular weight is 489 g/mol. The molecule has 0 aliphatic heterocycles. The molecule has 4 nitrogen and oxygen atoms in total. The first-order valence-corrected chi connectivity index (χ1v) is 11.8. The topological polar surface area (TPSA) is 34.3 Å². The summed E-state index contributed by atoms with van der Waals surface area (Å²) in [5, 5.41) is 3.54. The molecule has 0 aliphatic rings. The van der Waals surface area contributed by atoms with Crippen molar-refractivity contribution in [1.29, 1.82) is 0 Å². The summed E-state index contributed by atoms with van der Waals surface area (Å²) < 4.78 is 43.7. The van der Waals surface area contributed by atoms with E-state index < -0.39 is 11.7 Å². The highest BCUT2D eigenvalue weighted by Gasteiger charge is 2.30. The van der Waals surface area contributed by atoms with Crippen molar-refractivity contribution in [2.24, 2.45) is 0 Å². The lowest BCUT2D eigenvalue weighted by atomic mass is 10.1. The number of rotatable bonds is 5. The fourth-order valence-corrected chi connectivity index (χ4v) is 4.29. The first kappa shape index (κ1) is 23.7. The lowest BCUT2D eigenvalue weighted by Gasteiger charge is -2.22. The summed E-state index contributed by atoms with van der Waals surface area (Å²) in [6.07, 6.45) is -2.34. The highest BCUT2D eigenvalue weighted by molar-refractivity contribution is 5.78. The van der Waals surface area contributed by atoms with Crippen molar-refractivity contribution in [2.75, 3.05) is 5.32 Å². The minimum atomic E-state index is -4.39. The van der Waals surface area contributed by atoms with Gasteiger partial charge in [-0.25, -0.2) is 4.98 Å². The van der Waals surface area contributed by atoms with Gasteiger partial charge in [0.25, 0.3) is 0 Å². The van der Waals surface area contributed by atoms with Crippen molar-refractivity contribution in [2.45, 2.75) is 39.0 Å². The number of hydrogen-bond donors (Lipinski definition) is 1. The smallest absolute Gasteiger partial charge is 0.365 e. The molecule has 1 N–H and O–H groups in total. The van der Waals surface area contributed by atoms with Gasteiger partial charge in [0.05, 0.1) is 17.8 Å². The standard InChI is InChI=1S/C29H27F3N4/c1-28(2,3)34-26-25(22-14-16-23(17-15-22)29(30,31)32)33-27-35(18-20-10-6-4-7-11-20)24(19-36(26)27)21-12-8-5-9-13-21/h4-17,19,34H,18H2,1-3H3. The molecule has 3 aromatic carbocycles. The van der Waals surface area contributed by atoms with Crippen LogP contribution in [0.15, 0.2) is 91.1 Å². The number of nitrogens with zero attached hydrogens (tertiary/aromatic N) is 3. The zero-order valence-corrected chi connectivity index (χ0v) is 20.3. The number of alkyl halides is 3. The molecule has 0 fully saturated rings. The van der Waals surface area contributed by atoms with Crippen LogP contribution in [0.5, 0.6) is 0 Å². The summed E-state index contributed by atoms with van der Waals surface area (Å²) in [5.41, 5.74) is 3.42. The van der Waals surface area contributed by atoms with E-state index in [1.54, 1.807) is 0 Å². The van der Waals surface area contributed by atoms with E-state index in [-0.39, 0.29) is 5.54 Å². The summed E-state index contributed by atoms with van der Waals surface area (Å²) in [4.78, 5) is 4.98. The molecular formula is C29H27F3N4. The molecule has 5 rings (SSSR count). The SMILES string of the molecule is CC(C)(C)Nc1c(-c2ccc(C(F)(F)F)cc2)nc2n(Cc3ccccc3)c(-c3ccccc3)cn12. The van der Waals surface area contributed by atoms with Gasteiger partial charge in [-0.1, -0.05) is 72.8 Å². The normalized spacial score (nSPS) is 12.3. The summed E-state index contributed by atoms with van der Waals surface area (Å²) in [6, 6.07) is 25.4. The Bertz CT molecular complexity index is 1470. The molecule has 0 saturated carbocycles. The third-order valence-corrected chi connectivity index (χ3v) is 5.91. The molecule has 0 amide bonds. The summed E-state index contributed by atoms with van der Waals surface area (Å²) in [6.45, 7) is 6.73. The number of halogens is 3. The van der Waals surface area contributed by atoms with Crippen LogP contribution < -0.4 is 5.32 Å². The van der Waals surface area contributed by atoms with Gasteiger partial charge in [0.1, 0.15) is 11.5 Å². The van der Waals surface area contributed by atoms with E-state index in [2.05, 4.69) is 34.1 Å². The number of imidazole rings is 2. The maximum atomic E-state index is 13.2.